The van der Waals surface area contributed by atoms with Crippen molar-refractivity contribution < 1.29 is 0 Å². The third kappa shape index (κ3) is 2.36. The van der Waals surface area contributed by atoms with Gasteiger partial charge in [0.05, 0.1) is 39.0 Å². The average Bonchev–Trinajstić information content (AvgIpc) is 2.86. The van der Waals surface area contributed by atoms with Gasteiger partial charge in [0.25, 0.3) is 0 Å². The molecule has 2 rings (SSSR count). The van der Waals surface area contributed by atoms with Crippen LogP contribution in [0.15, 0.2) is 11.7 Å². The maximum atomic E-state index is 6.26. The zero-order valence-electron chi connectivity index (χ0n) is 9.85. The van der Waals surface area contributed by atoms with Gasteiger partial charge in [-0.15, -0.1) is 11.3 Å². The Kier molecular flexibility index (Phi) is 3.81. The van der Waals surface area contributed by atoms with E-state index in [1.165, 1.54) is 0 Å². The van der Waals surface area contributed by atoms with E-state index in [4.69, 9.17) is 17.3 Å². The maximum Gasteiger partial charge on any atom is 0.0851 e. The lowest BCUT2D eigenvalue weighted by molar-refractivity contribution is 0.561. The minimum Gasteiger partial charge on any atom is -0.318 e. The summed E-state index contributed by atoms with van der Waals surface area (Å²) in [5.74, 6) is 0. The molecule has 0 spiro atoms. The van der Waals surface area contributed by atoms with Gasteiger partial charge in [-0.05, 0) is 13.3 Å². The lowest BCUT2D eigenvalue weighted by Gasteiger charge is -2.13. The van der Waals surface area contributed by atoms with Crippen LogP contribution in [0.25, 0.3) is 0 Å². The van der Waals surface area contributed by atoms with Crippen molar-refractivity contribution in [1.29, 1.82) is 0 Å². The summed E-state index contributed by atoms with van der Waals surface area (Å²) in [7, 11) is 0. The predicted octanol–water partition coefficient (Wildman–Crippen LogP) is 2.76. The number of nitrogens with two attached hydrogens (primary N) is 1. The third-order valence-corrected chi connectivity index (χ3v) is 3.93. The van der Waals surface area contributed by atoms with Gasteiger partial charge in [0, 0.05) is 6.54 Å². The number of nitrogens with zero attached hydrogens (tertiary/aromatic N) is 3. The van der Waals surface area contributed by atoms with Crippen molar-refractivity contribution in [2.45, 2.75) is 32.9 Å². The van der Waals surface area contributed by atoms with Gasteiger partial charge in [0.1, 0.15) is 0 Å². The largest absolute Gasteiger partial charge is 0.318 e. The zero-order valence-corrected chi connectivity index (χ0v) is 11.4. The number of aromatic nitrogens is 3. The fourth-order valence-corrected chi connectivity index (χ4v) is 2.87. The molecule has 0 saturated heterocycles. The topological polar surface area (TPSA) is 56.7 Å². The molecule has 0 aliphatic carbocycles. The molecule has 1 unspecified atom stereocenters. The monoisotopic (exact) mass is 270 g/mol. The summed E-state index contributed by atoms with van der Waals surface area (Å²) in [5.41, 5.74) is 9.90. The highest BCUT2D eigenvalue weighted by Crippen LogP contribution is 2.30. The van der Waals surface area contributed by atoms with E-state index in [2.05, 4.69) is 17.0 Å². The zero-order chi connectivity index (χ0) is 12.4. The molecule has 0 aromatic carbocycles. The van der Waals surface area contributed by atoms with Crippen molar-refractivity contribution in [2.75, 3.05) is 0 Å². The molecule has 0 amide bonds. The lowest BCUT2D eigenvalue weighted by Crippen LogP contribution is -2.18. The molecule has 1 atom stereocenters. The SMILES string of the molecule is CCCn1ncc(Cl)c1C(N)c1scnc1C. The van der Waals surface area contributed by atoms with Gasteiger partial charge in [0.2, 0.25) is 0 Å². The molecule has 2 heterocycles. The molecule has 92 valence electrons. The standard InChI is InChI=1S/C11H15ClN4S/c1-3-4-16-10(8(12)5-15-16)9(13)11-7(2)14-6-17-11/h5-6,9H,3-4,13H2,1-2H3. The summed E-state index contributed by atoms with van der Waals surface area (Å²) in [6.45, 7) is 4.89. The molecule has 0 aliphatic heterocycles. The molecular formula is C11H15ClN4S. The Labute approximate surface area is 109 Å². The van der Waals surface area contributed by atoms with Gasteiger partial charge < -0.3 is 5.73 Å². The second-order valence-corrected chi connectivity index (χ2v) is 5.17. The first-order valence-corrected chi connectivity index (χ1v) is 6.77. The summed E-state index contributed by atoms with van der Waals surface area (Å²) in [4.78, 5) is 5.26. The number of hydrogen-bond acceptors (Lipinski definition) is 4. The second-order valence-electron chi connectivity index (χ2n) is 3.88. The molecule has 17 heavy (non-hydrogen) atoms. The highest BCUT2D eigenvalue weighted by Gasteiger charge is 2.21. The van der Waals surface area contributed by atoms with Crippen LogP contribution >= 0.6 is 22.9 Å². The molecule has 4 nitrogen and oxygen atoms in total. The first-order chi connectivity index (χ1) is 8.15. The lowest BCUT2D eigenvalue weighted by atomic mass is 10.1. The molecule has 0 saturated carbocycles. The van der Waals surface area contributed by atoms with Crippen LogP contribution in [0.2, 0.25) is 5.02 Å². The van der Waals surface area contributed by atoms with Gasteiger partial charge in [-0.2, -0.15) is 5.10 Å². The minimum absolute atomic E-state index is 0.246. The van der Waals surface area contributed by atoms with Crippen molar-refractivity contribution in [3.63, 3.8) is 0 Å². The van der Waals surface area contributed by atoms with E-state index in [0.717, 1.165) is 29.2 Å². The van der Waals surface area contributed by atoms with Gasteiger partial charge in [-0.1, -0.05) is 18.5 Å². The summed E-state index contributed by atoms with van der Waals surface area (Å²) in [6, 6.07) is -0.246. The fourth-order valence-electron chi connectivity index (χ4n) is 1.80. The van der Waals surface area contributed by atoms with E-state index in [1.807, 2.05) is 11.6 Å². The van der Waals surface area contributed by atoms with E-state index in [0.29, 0.717) is 5.02 Å². The number of halogens is 1. The normalized spacial score (nSPS) is 12.9. The first-order valence-electron chi connectivity index (χ1n) is 5.52. The second kappa shape index (κ2) is 5.16. The van der Waals surface area contributed by atoms with Gasteiger partial charge >= 0.3 is 0 Å². The van der Waals surface area contributed by atoms with Gasteiger partial charge in [0.15, 0.2) is 0 Å². The third-order valence-electron chi connectivity index (χ3n) is 2.63. The van der Waals surface area contributed by atoms with Crippen LogP contribution in [0.1, 0.15) is 35.7 Å². The van der Waals surface area contributed by atoms with Crippen molar-refractivity contribution in [1.82, 2.24) is 14.8 Å². The number of rotatable bonds is 4. The molecule has 0 aliphatic rings. The highest BCUT2D eigenvalue weighted by atomic mass is 35.5. The molecule has 0 bridgehead atoms. The Morgan fingerprint density at radius 1 is 1.59 bits per heavy atom. The van der Waals surface area contributed by atoms with Crippen molar-refractivity contribution in [2.24, 2.45) is 5.73 Å². The molecule has 2 aromatic heterocycles. The summed E-state index contributed by atoms with van der Waals surface area (Å²) < 4.78 is 1.88. The smallest absolute Gasteiger partial charge is 0.0851 e. The Morgan fingerprint density at radius 3 is 2.94 bits per heavy atom. The van der Waals surface area contributed by atoms with E-state index in [-0.39, 0.29) is 6.04 Å². The minimum atomic E-state index is -0.246. The quantitative estimate of drug-likeness (QED) is 0.929. The summed E-state index contributed by atoms with van der Waals surface area (Å²) in [6.07, 6.45) is 2.65. The Bertz CT molecular complexity index is 505. The Morgan fingerprint density at radius 2 is 2.35 bits per heavy atom. The predicted molar refractivity (Wildman–Crippen MR) is 70.4 cm³/mol. The highest BCUT2D eigenvalue weighted by molar-refractivity contribution is 7.09. The molecule has 6 heteroatoms. The summed E-state index contributed by atoms with van der Waals surface area (Å²) >= 11 is 7.72. The molecule has 0 radical (unpaired) electrons. The van der Waals surface area contributed by atoms with Crippen LogP contribution in [0, 0.1) is 6.92 Å². The molecule has 0 fully saturated rings. The maximum absolute atomic E-state index is 6.26. The van der Waals surface area contributed by atoms with E-state index < -0.39 is 0 Å². The number of hydrogen-bond donors (Lipinski definition) is 1. The van der Waals surface area contributed by atoms with Crippen molar-refractivity contribution in [3.8, 4) is 0 Å². The average molecular weight is 271 g/mol. The fraction of sp³-hybridized carbons (Fsp3) is 0.455. The molecular weight excluding hydrogens is 256 g/mol. The Balaban J connectivity index is 2.39. The van der Waals surface area contributed by atoms with Crippen LogP contribution < -0.4 is 5.73 Å². The summed E-state index contributed by atoms with van der Waals surface area (Å²) in [5, 5.41) is 4.88. The first kappa shape index (κ1) is 12.5. The van der Waals surface area contributed by atoms with Crippen LogP contribution in [-0.4, -0.2) is 14.8 Å². The van der Waals surface area contributed by atoms with E-state index in [9.17, 15) is 0 Å². The van der Waals surface area contributed by atoms with Gasteiger partial charge in [-0.25, -0.2) is 4.98 Å². The van der Waals surface area contributed by atoms with Crippen molar-refractivity contribution >= 4 is 22.9 Å². The van der Waals surface area contributed by atoms with Crippen LogP contribution in [-0.2, 0) is 6.54 Å². The number of thiazole rings is 1. The van der Waals surface area contributed by atoms with E-state index >= 15 is 0 Å². The van der Waals surface area contributed by atoms with Crippen LogP contribution in [0.5, 0.6) is 0 Å². The Hall–Kier alpha value is -0.910. The van der Waals surface area contributed by atoms with Crippen LogP contribution in [0.3, 0.4) is 0 Å². The molecule has 2 aromatic rings. The number of aryl methyl sites for hydroxylation is 2. The van der Waals surface area contributed by atoms with Gasteiger partial charge in [-0.3, -0.25) is 4.68 Å². The van der Waals surface area contributed by atoms with Crippen molar-refractivity contribution in [3.05, 3.63) is 33.0 Å². The van der Waals surface area contributed by atoms with E-state index in [1.54, 1.807) is 23.0 Å². The van der Waals surface area contributed by atoms with Crippen LogP contribution in [0.4, 0.5) is 0 Å². The molecule has 2 N–H and O–H groups in total.